The first-order valence-electron chi connectivity index (χ1n) is 5.62. The molecule has 0 atom stereocenters. The quantitative estimate of drug-likeness (QED) is 0.785. The Bertz CT molecular complexity index is 587. The zero-order chi connectivity index (χ0) is 11.7. The number of rotatable bonds is 1. The summed E-state index contributed by atoms with van der Waals surface area (Å²) < 4.78 is 0. The second-order valence-electron chi connectivity index (χ2n) is 4.12. The number of fused-ring (bicyclic) bond motifs is 1. The van der Waals surface area contributed by atoms with Crippen molar-refractivity contribution in [3.63, 3.8) is 0 Å². The Morgan fingerprint density at radius 1 is 1.06 bits per heavy atom. The summed E-state index contributed by atoms with van der Waals surface area (Å²) in [5.74, 6) is 0. The van der Waals surface area contributed by atoms with Crippen LogP contribution in [0.15, 0.2) is 48.5 Å². The SMILES string of the molecule is Clc1cccc(/C=C2/CNc3ccccc32)c1. The summed E-state index contributed by atoms with van der Waals surface area (Å²) in [7, 11) is 0. The van der Waals surface area contributed by atoms with Gasteiger partial charge in [0.25, 0.3) is 0 Å². The molecule has 0 radical (unpaired) electrons. The average molecular weight is 242 g/mol. The van der Waals surface area contributed by atoms with Crippen molar-refractivity contribution < 1.29 is 0 Å². The Hall–Kier alpha value is -1.73. The van der Waals surface area contributed by atoms with Gasteiger partial charge in [0.1, 0.15) is 0 Å². The van der Waals surface area contributed by atoms with Gasteiger partial charge in [0.2, 0.25) is 0 Å². The summed E-state index contributed by atoms with van der Waals surface area (Å²) >= 11 is 5.99. The van der Waals surface area contributed by atoms with Crippen molar-refractivity contribution in [2.75, 3.05) is 11.9 Å². The zero-order valence-electron chi connectivity index (χ0n) is 9.28. The van der Waals surface area contributed by atoms with E-state index in [0.29, 0.717) is 0 Å². The van der Waals surface area contributed by atoms with E-state index in [1.54, 1.807) is 0 Å². The van der Waals surface area contributed by atoms with E-state index in [2.05, 4.69) is 35.7 Å². The Labute approximate surface area is 106 Å². The highest BCUT2D eigenvalue weighted by molar-refractivity contribution is 6.30. The van der Waals surface area contributed by atoms with E-state index >= 15 is 0 Å². The molecule has 1 N–H and O–H groups in total. The lowest BCUT2D eigenvalue weighted by molar-refractivity contribution is 1.45. The molecule has 0 aromatic heterocycles. The Balaban J connectivity index is 2.02. The minimum absolute atomic E-state index is 0.776. The van der Waals surface area contributed by atoms with E-state index in [1.807, 2.05) is 24.3 Å². The molecular weight excluding hydrogens is 230 g/mol. The largest absolute Gasteiger partial charge is 0.380 e. The third kappa shape index (κ3) is 2.06. The Morgan fingerprint density at radius 2 is 1.94 bits per heavy atom. The highest BCUT2D eigenvalue weighted by Gasteiger charge is 2.13. The van der Waals surface area contributed by atoms with Crippen LogP contribution in [0.2, 0.25) is 5.02 Å². The number of nitrogens with one attached hydrogen (secondary N) is 1. The van der Waals surface area contributed by atoms with Crippen LogP contribution in [-0.4, -0.2) is 6.54 Å². The summed E-state index contributed by atoms with van der Waals surface area (Å²) in [6.07, 6.45) is 2.19. The molecule has 1 aliphatic rings. The van der Waals surface area contributed by atoms with Gasteiger partial charge in [0.15, 0.2) is 0 Å². The lowest BCUT2D eigenvalue weighted by Gasteiger charge is -2.00. The molecule has 2 heteroatoms. The van der Waals surface area contributed by atoms with Gasteiger partial charge in [0.05, 0.1) is 0 Å². The molecule has 0 amide bonds. The number of hydrogen-bond donors (Lipinski definition) is 1. The van der Waals surface area contributed by atoms with Crippen molar-refractivity contribution in [1.29, 1.82) is 0 Å². The predicted molar refractivity (Wildman–Crippen MR) is 74.3 cm³/mol. The van der Waals surface area contributed by atoms with Crippen LogP contribution in [0.25, 0.3) is 11.6 Å². The van der Waals surface area contributed by atoms with Crippen molar-refractivity contribution in [2.24, 2.45) is 0 Å². The van der Waals surface area contributed by atoms with Crippen molar-refractivity contribution in [2.45, 2.75) is 0 Å². The molecule has 0 fully saturated rings. The van der Waals surface area contributed by atoms with Gasteiger partial charge in [-0.15, -0.1) is 0 Å². The van der Waals surface area contributed by atoms with Crippen molar-refractivity contribution >= 4 is 28.9 Å². The molecule has 0 saturated carbocycles. The van der Waals surface area contributed by atoms with Crippen molar-refractivity contribution in [3.05, 3.63) is 64.7 Å². The maximum absolute atomic E-state index is 5.99. The van der Waals surface area contributed by atoms with Crippen LogP contribution in [0.1, 0.15) is 11.1 Å². The number of hydrogen-bond acceptors (Lipinski definition) is 1. The minimum Gasteiger partial charge on any atom is -0.380 e. The van der Waals surface area contributed by atoms with Crippen LogP contribution >= 0.6 is 11.6 Å². The monoisotopic (exact) mass is 241 g/mol. The molecule has 0 spiro atoms. The highest BCUT2D eigenvalue weighted by Crippen LogP contribution is 2.31. The molecule has 0 aliphatic carbocycles. The van der Waals surface area contributed by atoms with E-state index in [0.717, 1.165) is 17.1 Å². The average Bonchev–Trinajstić information content (AvgIpc) is 2.73. The summed E-state index contributed by atoms with van der Waals surface area (Å²) in [6, 6.07) is 16.3. The summed E-state index contributed by atoms with van der Waals surface area (Å²) in [6.45, 7) is 0.881. The molecule has 1 nitrogen and oxygen atoms in total. The lowest BCUT2D eigenvalue weighted by atomic mass is 10.0. The van der Waals surface area contributed by atoms with Crippen molar-refractivity contribution in [3.8, 4) is 0 Å². The van der Waals surface area contributed by atoms with Gasteiger partial charge in [-0.25, -0.2) is 0 Å². The maximum Gasteiger partial charge on any atom is 0.0419 e. The van der Waals surface area contributed by atoms with Crippen LogP contribution < -0.4 is 5.32 Å². The molecule has 2 aromatic carbocycles. The molecule has 0 bridgehead atoms. The van der Waals surface area contributed by atoms with Crippen LogP contribution in [0.4, 0.5) is 5.69 Å². The van der Waals surface area contributed by atoms with Crippen LogP contribution in [-0.2, 0) is 0 Å². The number of benzene rings is 2. The fourth-order valence-electron chi connectivity index (χ4n) is 2.13. The molecule has 3 rings (SSSR count). The van der Waals surface area contributed by atoms with Gasteiger partial charge in [-0.3, -0.25) is 0 Å². The molecule has 0 unspecified atom stereocenters. The molecule has 1 aliphatic heterocycles. The first kappa shape index (κ1) is 10.4. The van der Waals surface area contributed by atoms with E-state index in [-0.39, 0.29) is 0 Å². The summed E-state index contributed by atoms with van der Waals surface area (Å²) in [4.78, 5) is 0. The van der Waals surface area contributed by atoms with E-state index in [4.69, 9.17) is 11.6 Å². The smallest absolute Gasteiger partial charge is 0.0419 e. The van der Waals surface area contributed by atoms with E-state index < -0.39 is 0 Å². The Morgan fingerprint density at radius 3 is 2.82 bits per heavy atom. The van der Waals surface area contributed by atoms with Crippen LogP contribution in [0, 0.1) is 0 Å². The minimum atomic E-state index is 0.776. The third-order valence-corrected chi connectivity index (χ3v) is 3.17. The third-order valence-electron chi connectivity index (χ3n) is 2.93. The highest BCUT2D eigenvalue weighted by atomic mass is 35.5. The van der Waals surface area contributed by atoms with E-state index in [1.165, 1.54) is 16.8 Å². The predicted octanol–water partition coefficient (Wildman–Crippen LogP) is 4.31. The maximum atomic E-state index is 5.99. The van der Waals surface area contributed by atoms with Gasteiger partial charge in [0, 0.05) is 22.8 Å². The molecule has 2 aromatic rings. The molecule has 17 heavy (non-hydrogen) atoms. The second-order valence-corrected chi connectivity index (χ2v) is 4.56. The topological polar surface area (TPSA) is 12.0 Å². The van der Waals surface area contributed by atoms with Gasteiger partial charge < -0.3 is 5.32 Å². The molecular formula is C15H12ClN. The fraction of sp³-hybridized carbons (Fsp3) is 0.0667. The first-order valence-corrected chi connectivity index (χ1v) is 6.00. The van der Waals surface area contributed by atoms with Crippen LogP contribution in [0.5, 0.6) is 0 Å². The Kier molecular flexibility index (Phi) is 2.62. The number of para-hydroxylation sites is 1. The standard InChI is InChI=1S/C15H12ClN/c16-13-5-3-4-11(9-13)8-12-10-17-15-7-2-1-6-14(12)15/h1-9,17H,10H2/b12-8-. The fourth-order valence-corrected chi connectivity index (χ4v) is 2.33. The van der Waals surface area contributed by atoms with Gasteiger partial charge in [-0.2, -0.15) is 0 Å². The van der Waals surface area contributed by atoms with Gasteiger partial charge in [-0.05, 0) is 35.4 Å². The van der Waals surface area contributed by atoms with Crippen molar-refractivity contribution in [1.82, 2.24) is 0 Å². The van der Waals surface area contributed by atoms with E-state index in [9.17, 15) is 0 Å². The zero-order valence-corrected chi connectivity index (χ0v) is 10.0. The number of anilines is 1. The molecule has 1 heterocycles. The summed E-state index contributed by atoms with van der Waals surface area (Å²) in [5.41, 5.74) is 4.95. The van der Waals surface area contributed by atoms with Gasteiger partial charge >= 0.3 is 0 Å². The number of halogens is 1. The second kappa shape index (κ2) is 4.27. The normalized spacial score (nSPS) is 15.7. The van der Waals surface area contributed by atoms with Gasteiger partial charge in [-0.1, -0.05) is 41.9 Å². The molecule has 84 valence electrons. The summed E-state index contributed by atoms with van der Waals surface area (Å²) in [5, 5.41) is 4.16. The first-order chi connectivity index (χ1) is 8.33. The lowest BCUT2D eigenvalue weighted by Crippen LogP contribution is -1.91. The van der Waals surface area contributed by atoms with Crippen LogP contribution in [0.3, 0.4) is 0 Å². The molecule has 0 saturated heterocycles.